The molecule has 2 atom stereocenters. The van der Waals surface area contributed by atoms with Gasteiger partial charge >= 0.3 is 0 Å². The zero-order chi connectivity index (χ0) is 11.5. The molecule has 0 radical (unpaired) electrons. The van der Waals surface area contributed by atoms with Crippen molar-refractivity contribution in [2.24, 2.45) is 5.41 Å². The number of nitrogens with zero attached hydrogens (tertiary/aromatic N) is 1. The van der Waals surface area contributed by atoms with Crippen molar-refractivity contribution in [3.63, 3.8) is 0 Å². The third-order valence-electron chi connectivity index (χ3n) is 2.78. The maximum atomic E-state index is 12.7. The fourth-order valence-electron chi connectivity index (χ4n) is 1.35. The van der Waals surface area contributed by atoms with Crippen LogP contribution in [0.2, 0.25) is 0 Å². The molecule has 80 valence electrons. The van der Waals surface area contributed by atoms with E-state index < -0.39 is 11.5 Å². The molecule has 1 aromatic carbocycles. The maximum absolute atomic E-state index is 12.7. The minimum absolute atomic E-state index is 0.346. The first-order valence-electron chi connectivity index (χ1n) is 4.88. The van der Waals surface area contributed by atoms with Gasteiger partial charge in [0.2, 0.25) is 0 Å². The molecule has 0 saturated carbocycles. The van der Waals surface area contributed by atoms with Crippen LogP contribution in [0.25, 0.3) is 0 Å². The monoisotopic (exact) mass is 207 g/mol. The summed E-state index contributed by atoms with van der Waals surface area (Å²) >= 11 is 0. The zero-order valence-electron chi connectivity index (χ0n) is 8.87. The van der Waals surface area contributed by atoms with Gasteiger partial charge in [0, 0.05) is 0 Å². The molecule has 0 aliphatic rings. The number of aliphatic hydroxyl groups is 1. The Morgan fingerprint density at radius 1 is 1.47 bits per heavy atom. The van der Waals surface area contributed by atoms with Crippen LogP contribution in [0, 0.1) is 22.6 Å². The van der Waals surface area contributed by atoms with Gasteiger partial charge in [0.15, 0.2) is 0 Å². The summed E-state index contributed by atoms with van der Waals surface area (Å²) in [7, 11) is 0. The lowest BCUT2D eigenvalue weighted by Crippen LogP contribution is -2.22. The van der Waals surface area contributed by atoms with Crippen LogP contribution >= 0.6 is 0 Å². The Labute approximate surface area is 89.0 Å². The molecule has 0 bridgehead atoms. The molecular weight excluding hydrogens is 193 g/mol. The average Bonchev–Trinajstić information content (AvgIpc) is 2.28. The fraction of sp³-hybridized carbons (Fsp3) is 0.417. The Morgan fingerprint density at radius 3 is 2.40 bits per heavy atom. The third kappa shape index (κ3) is 2.34. The quantitative estimate of drug-likeness (QED) is 0.828. The maximum Gasteiger partial charge on any atom is 0.123 e. The molecule has 0 saturated heterocycles. The van der Waals surface area contributed by atoms with Crippen molar-refractivity contribution in [3.8, 4) is 6.07 Å². The van der Waals surface area contributed by atoms with Crippen LogP contribution < -0.4 is 0 Å². The number of benzene rings is 1. The minimum Gasteiger partial charge on any atom is -0.387 e. The van der Waals surface area contributed by atoms with E-state index in [-0.39, 0.29) is 5.82 Å². The van der Waals surface area contributed by atoms with Gasteiger partial charge in [0.05, 0.1) is 17.6 Å². The van der Waals surface area contributed by atoms with E-state index in [1.807, 2.05) is 6.92 Å². The predicted molar refractivity (Wildman–Crippen MR) is 55.4 cm³/mol. The van der Waals surface area contributed by atoms with E-state index >= 15 is 0 Å². The van der Waals surface area contributed by atoms with E-state index in [0.717, 1.165) is 0 Å². The van der Waals surface area contributed by atoms with Gasteiger partial charge in [-0.1, -0.05) is 19.1 Å². The topological polar surface area (TPSA) is 44.0 Å². The number of nitriles is 1. The van der Waals surface area contributed by atoms with Gasteiger partial charge in [0.1, 0.15) is 5.82 Å². The van der Waals surface area contributed by atoms with E-state index in [9.17, 15) is 9.50 Å². The van der Waals surface area contributed by atoms with Crippen molar-refractivity contribution in [1.29, 1.82) is 5.26 Å². The molecule has 0 amide bonds. The van der Waals surface area contributed by atoms with Gasteiger partial charge in [-0.2, -0.15) is 5.26 Å². The van der Waals surface area contributed by atoms with E-state index in [4.69, 9.17) is 5.26 Å². The molecular formula is C12H14FNO. The second-order valence-corrected chi connectivity index (χ2v) is 3.84. The minimum atomic E-state index is -0.881. The van der Waals surface area contributed by atoms with Crippen LogP contribution in [0.5, 0.6) is 0 Å². The zero-order valence-corrected chi connectivity index (χ0v) is 8.87. The smallest absolute Gasteiger partial charge is 0.123 e. The summed E-state index contributed by atoms with van der Waals surface area (Å²) < 4.78 is 12.7. The highest BCUT2D eigenvalue weighted by Crippen LogP contribution is 2.35. The molecule has 2 unspecified atom stereocenters. The molecule has 1 rings (SSSR count). The molecule has 0 aromatic heterocycles. The van der Waals surface area contributed by atoms with Crippen LogP contribution in [0.4, 0.5) is 4.39 Å². The summed E-state index contributed by atoms with van der Waals surface area (Å²) in [5, 5.41) is 19.0. The number of hydrogen-bond acceptors (Lipinski definition) is 2. The van der Waals surface area contributed by atoms with Crippen molar-refractivity contribution in [3.05, 3.63) is 35.6 Å². The van der Waals surface area contributed by atoms with Crippen molar-refractivity contribution in [1.82, 2.24) is 0 Å². The van der Waals surface area contributed by atoms with Crippen molar-refractivity contribution in [2.45, 2.75) is 26.4 Å². The first-order chi connectivity index (χ1) is 7.03. The molecule has 3 heteroatoms. The number of hydrogen-bond donors (Lipinski definition) is 1. The highest BCUT2D eigenvalue weighted by atomic mass is 19.1. The first kappa shape index (κ1) is 11.7. The number of rotatable bonds is 3. The molecule has 2 nitrogen and oxygen atoms in total. The van der Waals surface area contributed by atoms with Gasteiger partial charge in [-0.25, -0.2) is 4.39 Å². The third-order valence-corrected chi connectivity index (χ3v) is 2.78. The number of halogens is 1. The Bertz CT molecular complexity index is 368. The Kier molecular flexibility index (Phi) is 3.43. The Hall–Kier alpha value is -1.40. The van der Waals surface area contributed by atoms with E-state index in [0.29, 0.717) is 12.0 Å². The van der Waals surface area contributed by atoms with Gasteiger partial charge in [-0.05, 0) is 31.0 Å². The Balaban J connectivity index is 2.99. The van der Waals surface area contributed by atoms with Crippen molar-refractivity contribution >= 4 is 0 Å². The van der Waals surface area contributed by atoms with Gasteiger partial charge < -0.3 is 5.11 Å². The van der Waals surface area contributed by atoms with Gasteiger partial charge in [-0.15, -0.1) is 0 Å². The summed E-state index contributed by atoms with van der Waals surface area (Å²) in [6.45, 7) is 3.54. The van der Waals surface area contributed by atoms with Crippen molar-refractivity contribution in [2.75, 3.05) is 0 Å². The van der Waals surface area contributed by atoms with E-state index in [2.05, 4.69) is 6.07 Å². The predicted octanol–water partition coefficient (Wildman–Crippen LogP) is 2.80. The first-order valence-corrected chi connectivity index (χ1v) is 4.88. The highest BCUT2D eigenvalue weighted by molar-refractivity contribution is 5.22. The summed E-state index contributed by atoms with van der Waals surface area (Å²) in [5.74, 6) is -0.346. The van der Waals surface area contributed by atoms with Crippen LogP contribution in [0.3, 0.4) is 0 Å². The summed E-state index contributed by atoms with van der Waals surface area (Å²) in [6, 6.07) is 7.68. The van der Waals surface area contributed by atoms with Gasteiger partial charge in [-0.3, -0.25) is 0 Å². The van der Waals surface area contributed by atoms with Crippen LogP contribution in [-0.2, 0) is 0 Å². The second-order valence-electron chi connectivity index (χ2n) is 3.84. The summed E-state index contributed by atoms with van der Waals surface area (Å²) in [6.07, 6.45) is -0.338. The largest absolute Gasteiger partial charge is 0.387 e. The fourth-order valence-corrected chi connectivity index (χ4v) is 1.35. The highest BCUT2D eigenvalue weighted by Gasteiger charge is 2.32. The lowest BCUT2D eigenvalue weighted by atomic mass is 9.80. The van der Waals surface area contributed by atoms with E-state index in [1.165, 1.54) is 24.3 Å². The molecule has 0 heterocycles. The molecule has 1 N–H and O–H groups in total. The molecule has 0 fully saturated rings. The standard InChI is InChI=1S/C12H14FNO/c1-3-12(2,8-14)11(15)9-4-6-10(13)7-5-9/h4-7,11,15H,3H2,1-2H3. The van der Waals surface area contributed by atoms with Crippen LogP contribution in [0.15, 0.2) is 24.3 Å². The summed E-state index contributed by atoms with van der Waals surface area (Å²) in [5.41, 5.74) is -0.250. The molecule has 0 spiro atoms. The van der Waals surface area contributed by atoms with Gasteiger partial charge in [0.25, 0.3) is 0 Å². The van der Waals surface area contributed by atoms with E-state index in [1.54, 1.807) is 6.92 Å². The second kappa shape index (κ2) is 4.41. The molecule has 0 aliphatic carbocycles. The average molecular weight is 207 g/mol. The van der Waals surface area contributed by atoms with Crippen molar-refractivity contribution < 1.29 is 9.50 Å². The number of aliphatic hydroxyl groups excluding tert-OH is 1. The summed E-state index contributed by atoms with van der Waals surface area (Å²) in [4.78, 5) is 0. The normalized spacial score (nSPS) is 16.5. The molecule has 1 aromatic rings. The molecule has 0 aliphatic heterocycles. The SMILES string of the molecule is CCC(C)(C#N)C(O)c1ccc(F)cc1. The lowest BCUT2D eigenvalue weighted by molar-refractivity contribution is 0.0721. The van der Waals surface area contributed by atoms with Crippen LogP contribution in [0.1, 0.15) is 31.9 Å². The Morgan fingerprint density at radius 2 is 2.00 bits per heavy atom. The lowest BCUT2D eigenvalue weighted by Gasteiger charge is -2.26. The van der Waals surface area contributed by atoms with Crippen LogP contribution in [-0.4, -0.2) is 5.11 Å². The molecule has 15 heavy (non-hydrogen) atoms.